The number of benzene rings is 1. The van der Waals surface area contributed by atoms with Gasteiger partial charge in [0.25, 0.3) is 0 Å². The highest BCUT2D eigenvalue weighted by molar-refractivity contribution is 5.26. The molecule has 136 valence electrons. The van der Waals surface area contributed by atoms with Crippen LogP contribution in [0.25, 0.3) is 0 Å². The SMILES string of the molecule is CC(NCC(O)COC1CCOCC1)c1ccc(C(F)(F)F)cc1. The third-order valence-corrected chi connectivity index (χ3v) is 4.09. The number of ether oxygens (including phenoxy) is 2. The minimum absolute atomic E-state index is 0.126. The standard InChI is InChI=1S/C17H24F3NO3/c1-12(13-2-4-14(5-3-13)17(18,19)20)21-10-15(22)11-24-16-6-8-23-9-7-16/h2-5,12,15-16,21-22H,6-11H2,1H3. The van der Waals surface area contributed by atoms with Crippen molar-refractivity contribution >= 4 is 0 Å². The summed E-state index contributed by atoms with van der Waals surface area (Å²) in [5, 5.41) is 13.1. The maximum Gasteiger partial charge on any atom is 0.416 e. The van der Waals surface area contributed by atoms with Gasteiger partial charge in [-0.25, -0.2) is 0 Å². The van der Waals surface area contributed by atoms with Crippen molar-refractivity contribution in [2.24, 2.45) is 0 Å². The Balaban J connectivity index is 1.72. The monoisotopic (exact) mass is 347 g/mol. The molecule has 1 aliphatic heterocycles. The van der Waals surface area contributed by atoms with Gasteiger partial charge in [-0.15, -0.1) is 0 Å². The molecular formula is C17H24F3NO3. The molecule has 0 spiro atoms. The van der Waals surface area contributed by atoms with Gasteiger partial charge in [0.1, 0.15) is 0 Å². The molecule has 0 aliphatic carbocycles. The lowest BCUT2D eigenvalue weighted by Crippen LogP contribution is -2.34. The molecule has 2 unspecified atom stereocenters. The molecule has 1 aromatic carbocycles. The largest absolute Gasteiger partial charge is 0.416 e. The first-order chi connectivity index (χ1) is 11.4. The van der Waals surface area contributed by atoms with Crippen molar-refractivity contribution in [2.75, 3.05) is 26.4 Å². The molecule has 2 N–H and O–H groups in total. The van der Waals surface area contributed by atoms with Crippen LogP contribution in [0, 0.1) is 0 Å². The molecule has 0 aromatic heterocycles. The fourth-order valence-electron chi connectivity index (χ4n) is 2.54. The van der Waals surface area contributed by atoms with Gasteiger partial charge in [-0.3, -0.25) is 0 Å². The number of aliphatic hydroxyl groups excluding tert-OH is 1. The first kappa shape index (κ1) is 19.2. The predicted molar refractivity (Wildman–Crippen MR) is 83.7 cm³/mol. The number of hydrogen-bond donors (Lipinski definition) is 2. The number of aliphatic hydroxyl groups is 1. The summed E-state index contributed by atoms with van der Waals surface area (Å²) in [7, 11) is 0. The molecule has 24 heavy (non-hydrogen) atoms. The highest BCUT2D eigenvalue weighted by atomic mass is 19.4. The van der Waals surface area contributed by atoms with E-state index in [2.05, 4.69) is 5.32 Å². The molecule has 7 heteroatoms. The molecule has 1 saturated heterocycles. The van der Waals surface area contributed by atoms with Gasteiger partial charge in [-0.1, -0.05) is 12.1 Å². The molecule has 0 radical (unpaired) electrons. The zero-order valence-electron chi connectivity index (χ0n) is 13.7. The number of alkyl halides is 3. The lowest BCUT2D eigenvalue weighted by atomic mass is 10.1. The zero-order valence-corrected chi connectivity index (χ0v) is 13.7. The molecule has 2 atom stereocenters. The van der Waals surface area contributed by atoms with Gasteiger partial charge in [0.05, 0.1) is 24.4 Å². The molecule has 0 saturated carbocycles. The van der Waals surface area contributed by atoms with Crippen LogP contribution in [0.2, 0.25) is 0 Å². The second-order valence-electron chi connectivity index (χ2n) is 6.05. The van der Waals surface area contributed by atoms with Gasteiger partial charge in [0.2, 0.25) is 0 Å². The Labute approximate surface area is 140 Å². The Bertz CT molecular complexity index is 487. The summed E-state index contributed by atoms with van der Waals surface area (Å²) in [5.41, 5.74) is 0.0730. The van der Waals surface area contributed by atoms with Crippen molar-refractivity contribution in [3.63, 3.8) is 0 Å². The van der Waals surface area contributed by atoms with Crippen molar-refractivity contribution in [1.29, 1.82) is 0 Å². The normalized spacial score (nSPS) is 19.2. The fraction of sp³-hybridized carbons (Fsp3) is 0.647. The summed E-state index contributed by atoms with van der Waals surface area (Å²) in [4.78, 5) is 0. The van der Waals surface area contributed by atoms with Gasteiger partial charge < -0.3 is 19.9 Å². The molecule has 2 rings (SSSR count). The van der Waals surface area contributed by atoms with Crippen LogP contribution in [0.15, 0.2) is 24.3 Å². The molecule has 0 bridgehead atoms. The average molecular weight is 347 g/mol. The van der Waals surface area contributed by atoms with E-state index in [1.54, 1.807) is 0 Å². The van der Waals surface area contributed by atoms with Gasteiger partial charge >= 0.3 is 6.18 Å². The first-order valence-corrected chi connectivity index (χ1v) is 8.14. The van der Waals surface area contributed by atoms with Crippen LogP contribution in [-0.4, -0.2) is 43.7 Å². The smallest absolute Gasteiger partial charge is 0.389 e. The lowest BCUT2D eigenvalue weighted by molar-refractivity contribution is -0.137. The minimum Gasteiger partial charge on any atom is -0.389 e. The van der Waals surface area contributed by atoms with Crippen LogP contribution in [0.3, 0.4) is 0 Å². The number of hydrogen-bond acceptors (Lipinski definition) is 4. The minimum atomic E-state index is -4.33. The van der Waals surface area contributed by atoms with Crippen LogP contribution in [0.1, 0.15) is 36.9 Å². The van der Waals surface area contributed by atoms with Crippen molar-refractivity contribution in [3.05, 3.63) is 35.4 Å². The third kappa shape index (κ3) is 6.05. The Morgan fingerprint density at radius 1 is 1.25 bits per heavy atom. The summed E-state index contributed by atoms with van der Waals surface area (Å²) in [5.74, 6) is 0. The van der Waals surface area contributed by atoms with Gasteiger partial charge in [0, 0.05) is 25.8 Å². The lowest BCUT2D eigenvalue weighted by Gasteiger charge is -2.24. The molecular weight excluding hydrogens is 323 g/mol. The van der Waals surface area contributed by atoms with E-state index in [0.717, 1.165) is 30.5 Å². The van der Waals surface area contributed by atoms with E-state index in [1.807, 2.05) is 6.92 Å². The van der Waals surface area contributed by atoms with E-state index < -0.39 is 17.8 Å². The van der Waals surface area contributed by atoms with E-state index in [4.69, 9.17) is 9.47 Å². The summed E-state index contributed by atoms with van der Waals surface area (Å²) >= 11 is 0. The predicted octanol–water partition coefficient (Wildman–Crippen LogP) is 2.91. The molecule has 1 aliphatic rings. The summed E-state index contributed by atoms with van der Waals surface area (Å²) in [6.07, 6.45) is -3.19. The van der Waals surface area contributed by atoms with Crippen molar-refractivity contribution in [3.8, 4) is 0 Å². The number of rotatable bonds is 7. The maximum atomic E-state index is 12.5. The summed E-state index contributed by atoms with van der Waals surface area (Å²) < 4.78 is 48.5. The van der Waals surface area contributed by atoms with Crippen molar-refractivity contribution in [1.82, 2.24) is 5.32 Å². The van der Waals surface area contributed by atoms with Crippen LogP contribution >= 0.6 is 0 Å². The highest BCUT2D eigenvalue weighted by Gasteiger charge is 2.30. The quantitative estimate of drug-likeness (QED) is 0.796. The Hall–Kier alpha value is -1.15. The second kappa shape index (κ2) is 8.80. The maximum absolute atomic E-state index is 12.5. The molecule has 1 fully saturated rings. The van der Waals surface area contributed by atoms with Crippen LogP contribution < -0.4 is 5.32 Å². The van der Waals surface area contributed by atoms with E-state index in [0.29, 0.717) is 19.8 Å². The van der Waals surface area contributed by atoms with E-state index in [-0.39, 0.29) is 18.8 Å². The van der Waals surface area contributed by atoms with Crippen LogP contribution in [0.4, 0.5) is 13.2 Å². The molecule has 0 amide bonds. The second-order valence-corrected chi connectivity index (χ2v) is 6.05. The summed E-state index contributed by atoms with van der Waals surface area (Å²) in [6, 6.07) is 4.87. The number of halogens is 3. The third-order valence-electron chi connectivity index (χ3n) is 4.09. The molecule has 4 nitrogen and oxygen atoms in total. The Kier molecular flexibility index (Phi) is 7.03. The topological polar surface area (TPSA) is 50.7 Å². The van der Waals surface area contributed by atoms with Crippen molar-refractivity contribution in [2.45, 2.75) is 44.2 Å². The highest BCUT2D eigenvalue weighted by Crippen LogP contribution is 2.29. The molecule has 1 aromatic rings. The van der Waals surface area contributed by atoms with Gasteiger partial charge in [0.15, 0.2) is 0 Å². The fourth-order valence-corrected chi connectivity index (χ4v) is 2.54. The van der Waals surface area contributed by atoms with Crippen LogP contribution in [0.5, 0.6) is 0 Å². The van der Waals surface area contributed by atoms with Crippen molar-refractivity contribution < 1.29 is 27.8 Å². The zero-order chi connectivity index (χ0) is 17.6. The first-order valence-electron chi connectivity index (χ1n) is 8.14. The summed E-state index contributed by atoms with van der Waals surface area (Å²) in [6.45, 7) is 3.76. The van der Waals surface area contributed by atoms with Gasteiger partial charge in [-0.05, 0) is 37.5 Å². The Morgan fingerprint density at radius 2 is 1.88 bits per heavy atom. The van der Waals surface area contributed by atoms with E-state index in [9.17, 15) is 18.3 Å². The van der Waals surface area contributed by atoms with E-state index >= 15 is 0 Å². The number of nitrogens with one attached hydrogen (secondary N) is 1. The Morgan fingerprint density at radius 3 is 2.46 bits per heavy atom. The average Bonchev–Trinajstić information content (AvgIpc) is 2.58. The van der Waals surface area contributed by atoms with Crippen LogP contribution in [-0.2, 0) is 15.7 Å². The van der Waals surface area contributed by atoms with E-state index in [1.165, 1.54) is 12.1 Å². The van der Waals surface area contributed by atoms with Gasteiger partial charge in [-0.2, -0.15) is 13.2 Å². The molecule has 1 heterocycles.